The largest absolute Gasteiger partial charge is 0.486 e. The van der Waals surface area contributed by atoms with Crippen molar-refractivity contribution in [1.29, 1.82) is 0 Å². The fourth-order valence-electron chi connectivity index (χ4n) is 4.37. The quantitative estimate of drug-likeness (QED) is 0.406. The van der Waals surface area contributed by atoms with Crippen LogP contribution in [0.25, 0.3) is 10.8 Å². The lowest BCUT2D eigenvalue weighted by Crippen LogP contribution is -2.49. The van der Waals surface area contributed by atoms with Crippen molar-refractivity contribution in [2.45, 2.75) is 20.5 Å². The second-order valence-corrected chi connectivity index (χ2v) is 8.56. The molecule has 5 rings (SSSR count). The Hall–Kier alpha value is -3.73. The summed E-state index contributed by atoms with van der Waals surface area (Å²) in [6, 6.07) is 24.1. The van der Waals surface area contributed by atoms with Gasteiger partial charge in [-0.2, -0.15) is 0 Å². The van der Waals surface area contributed by atoms with Crippen LogP contribution < -0.4 is 9.64 Å². The molecule has 1 aliphatic rings. The van der Waals surface area contributed by atoms with E-state index in [0.29, 0.717) is 24.6 Å². The van der Waals surface area contributed by atoms with E-state index >= 15 is 0 Å². The first-order valence-electron chi connectivity index (χ1n) is 11.4. The molecule has 5 nitrogen and oxygen atoms in total. The number of benzene rings is 3. The molecule has 168 valence electrons. The van der Waals surface area contributed by atoms with E-state index in [1.807, 2.05) is 41.3 Å². The molecule has 0 bridgehead atoms. The van der Waals surface area contributed by atoms with E-state index in [4.69, 9.17) is 9.15 Å². The van der Waals surface area contributed by atoms with Gasteiger partial charge in [0.05, 0.1) is 0 Å². The highest BCUT2D eigenvalue weighted by molar-refractivity contribution is 5.91. The van der Waals surface area contributed by atoms with Crippen LogP contribution in [0.2, 0.25) is 0 Å². The lowest BCUT2D eigenvalue weighted by Gasteiger charge is -2.36. The highest BCUT2D eigenvalue weighted by Gasteiger charge is 2.25. The van der Waals surface area contributed by atoms with Crippen molar-refractivity contribution in [3.63, 3.8) is 0 Å². The topological polar surface area (TPSA) is 45.9 Å². The van der Waals surface area contributed by atoms with Gasteiger partial charge in [-0.05, 0) is 66.1 Å². The maximum absolute atomic E-state index is 13.0. The Labute approximate surface area is 194 Å². The van der Waals surface area contributed by atoms with Crippen molar-refractivity contribution in [2.24, 2.45) is 0 Å². The van der Waals surface area contributed by atoms with Crippen LogP contribution in [0.15, 0.2) is 77.2 Å². The highest BCUT2D eigenvalue weighted by Crippen LogP contribution is 2.25. The predicted molar refractivity (Wildman–Crippen MR) is 131 cm³/mol. The molecule has 0 N–H and O–H groups in total. The van der Waals surface area contributed by atoms with Crippen molar-refractivity contribution in [3.05, 3.63) is 95.4 Å². The van der Waals surface area contributed by atoms with E-state index in [1.165, 1.54) is 22.2 Å². The van der Waals surface area contributed by atoms with E-state index < -0.39 is 0 Å². The minimum atomic E-state index is -0.0624. The SMILES string of the molecule is Cc1cccc(N2CCN(C(=O)c3ccc(COc4ccc5ccccc5c4)o3)CC2)c1C. The van der Waals surface area contributed by atoms with Crippen molar-refractivity contribution in [1.82, 2.24) is 4.90 Å². The number of nitrogens with zero attached hydrogens (tertiary/aromatic N) is 2. The predicted octanol–water partition coefficient (Wildman–Crippen LogP) is 5.59. The highest BCUT2D eigenvalue weighted by atomic mass is 16.5. The second-order valence-electron chi connectivity index (χ2n) is 8.56. The third kappa shape index (κ3) is 4.44. The number of aryl methyl sites for hydroxylation is 1. The normalized spacial score (nSPS) is 14.0. The number of amides is 1. The molecule has 0 atom stereocenters. The maximum atomic E-state index is 13.0. The average molecular weight is 441 g/mol. The summed E-state index contributed by atoms with van der Waals surface area (Å²) in [7, 11) is 0. The summed E-state index contributed by atoms with van der Waals surface area (Å²) in [4.78, 5) is 17.2. The lowest BCUT2D eigenvalue weighted by atomic mass is 10.1. The molecule has 0 aliphatic carbocycles. The summed E-state index contributed by atoms with van der Waals surface area (Å²) in [5, 5.41) is 2.30. The molecular weight excluding hydrogens is 412 g/mol. The number of ether oxygens (including phenoxy) is 1. The van der Waals surface area contributed by atoms with Crippen LogP contribution >= 0.6 is 0 Å². The van der Waals surface area contributed by atoms with Crippen LogP contribution in [0.1, 0.15) is 27.4 Å². The second kappa shape index (κ2) is 9.02. The summed E-state index contributed by atoms with van der Waals surface area (Å²) < 4.78 is 11.7. The Bertz CT molecular complexity index is 1290. The van der Waals surface area contributed by atoms with Gasteiger partial charge in [-0.25, -0.2) is 0 Å². The molecule has 33 heavy (non-hydrogen) atoms. The first-order chi connectivity index (χ1) is 16.1. The maximum Gasteiger partial charge on any atom is 0.289 e. The number of hydrogen-bond donors (Lipinski definition) is 0. The molecule has 1 aromatic heterocycles. The summed E-state index contributed by atoms with van der Waals surface area (Å²) in [6.07, 6.45) is 0. The fraction of sp³-hybridized carbons (Fsp3) is 0.250. The number of furan rings is 1. The standard InChI is InChI=1S/C28H28N2O3/c1-20-6-5-9-26(21(20)2)29-14-16-30(17-15-29)28(31)27-13-12-25(33-27)19-32-24-11-10-22-7-3-4-8-23(22)18-24/h3-13,18H,14-17,19H2,1-2H3. The Balaban J connectivity index is 1.18. The van der Waals surface area contributed by atoms with Crippen LogP contribution in [0, 0.1) is 13.8 Å². The van der Waals surface area contributed by atoms with E-state index in [1.54, 1.807) is 6.07 Å². The number of hydrogen-bond acceptors (Lipinski definition) is 4. The Morgan fingerprint density at radius 2 is 1.67 bits per heavy atom. The molecule has 1 fully saturated rings. The van der Waals surface area contributed by atoms with Gasteiger partial charge >= 0.3 is 0 Å². The van der Waals surface area contributed by atoms with E-state index in [2.05, 4.69) is 49.1 Å². The lowest BCUT2D eigenvalue weighted by molar-refractivity contribution is 0.0710. The number of anilines is 1. The van der Waals surface area contributed by atoms with Gasteiger partial charge in [0.15, 0.2) is 5.76 Å². The average Bonchev–Trinajstić information content (AvgIpc) is 3.33. The van der Waals surface area contributed by atoms with Gasteiger partial charge in [0, 0.05) is 31.9 Å². The van der Waals surface area contributed by atoms with Gasteiger partial charge < -0.3 is 19.0 Å². The smallest absolute Gasteiger partial charge is 0.289 e. The summed E-state index contributed by atoms with van der Waals surface area (Å²) >= 11 is 0. The molecule has 0 spiro atoms. The van der Waals surface area contributed by atoms with E-state index in [0.717, 1.165) is 24.2 Å². The minimum Gasteiger partial charge on any atom is -0.486 e. The van der Waals surface area contributed by atoms with Crippen LogP contribution in [-0.2, 0) is 6.61 Å². The Morgan fingerprint density at radius 1 is 0.879 bits per heavy atom. The zero-order chi connectivity index (χ0) is 22.8. The first-order valence-corrected chi connectivity index (χ1v) is 11.4. The number of carbonyl (C=O) groups is 1. The summed E-state index contributed by atoms with van der Waals surface area (Å²) in [5.41, 5.74) is 3.85. The molecule has 1 aliphatic heterocycles. The fourth-order valence-corrected chi connectivity index (χ4v) is 4.37. The minimum absolute atomic E-state index is 0.0624. The molecule has 3 aromatic carbocycles. The number of piperazine rings is 1. The molecule has 0 unspecified atom stereocenters. The summed E-state index contributed by atoms with van der Waals surface area (Å²) in [6.45, 7) is 7.56. The van der Waals surface area contributed by atoms with Crippen LogP contribution in [0.3, 0.4) is 0 Å². The number of rotatable bonds is 5. The molecule has 0 saturated carbocycles. The molecule has 4 aromatic rings. The van der Waals surface area contributed by atoms with E-state index in [-0.39, 0.29) is 12.5 Å². The molecular formula is C28H28N2O3. The number of carbonyl (C=O) groups excluding carboxylic acids is 1. The molecule has 2 heterocycles. The molecule has 1 amide bonds. The van der Waals surface area contributed by atoms with E-state index in [9.17, 15) is 4.79 Å². The van der Waals surface area contributed by atoms with Crippen molar-refractivity contribution >= 4 is 22.4 Å². The van der Waals surface area contributed by atoms with Gasteiger partial charge in [-0.3, -0.25) is 4.79 Å². The van der Waals surface area contributed by atoms with Crippen molar-refractivity contribution in [2.75, 3.05) is 31.1 Å². The van der Waals surface area contributed by atoms with Crippen molar-refractivity contribution in [3.8, 4) is 5.75 Å². The van der Waals surface area contributed by atoms with Gasteiger partial charge in [0.1, 0.15) is 18.1 Å². The molecule has 0 radical (unpaired) electrons. The zero-order valence-electron chi connectivity index (χ0n) is 19.1. The molecule has 1 saturated heterocycles. The first kappa shape index (κ1) is 21.1. The van der Waals surface area contributed by atoms with Crippen LogP contribution in [0.5, 0.6) is 5.75 Å². The van der Waals surface area contributed by atoms with Gasteiger partial charge in [0.25, 0.3) is 5.91 Å². The monoisotopic (exact) mass is 440 g/mol. The zero-order valence-corrected chi connectivity index (χ0v) is 19.1. The van der Waals surface area contributed by atoms with Crippen LogP contribution in [-0.4, -0.2) is 37.0 Å². The number of fused-ring (bicyclic) bond motifs is 1. The summed E-state index contributed by atoms with van der Waals surface area (Å²) in [5.74, 6) is 1.72. The van der Waals surface area contributed by atoms with Crippen LogP contribution in [0.4, 0.5) is 5.69 Å². The Morgan fingerprint density at radius 3 is 2.48 bits per heavy atom. The molecule has 5 heteroatoms. The Kier molecular flexibility index (Phi) is 5.78. The van der Waals surface area contributed by atoms with Crippen molar-refractivity contribution < 1.29 is 13.9 Å². The van der Waals surface area contributed by atoms with Gasteiger partial charge in [0.2, 0.25) is 0 Å². The third-order valence-corrected chi connectivity index (χ3v) is 6.46. The van der Waals surface area contributed by atoms with Gasteiger partial charge in [-0.1, -0.05) is 42.5 Å². The third-order valence-electron chi connectivity index (χ3n) is 6.46. The van der Waals surface area contributed by atoms with Gasteiger partial charge in [-0.15, -0.1) is 0 Å².